The molecule has 3 aromatic carbocycles. The van der Waals surface area contributed by atoms with Gasteiger partial charge in [-0.15, -0.1) is 13.2 Å². The zero-order valence-corrected chi connectivity index (χ0v) is 22.3. The van der Waals surface area contributed by atoms with E-state index < -0.39 is 6.36 Å². The zero-order valence-electron chi connectivity index (χ0n) is 21.5. The topological polar surface area (TPSA) is 75.5 Å². The average molecular weight is 553 g/mol. The lowest BCUT2D eigenvalue weighted by molar-refractivity contribution is -0.274. The van der Waals surface area contributed by atoms with Crippen molar-refractivity contribution in [3.63, 3.8) is 0 Å². The third-order valence-electron chi connectivity index (χ3n) is 5.66. The van der Waals surface area contributed by atoms with Crippen molar-refractivity contribution in [2.24, 2.45) is 12.1 Å². The number of hydrazone groups is 1. The van der Waals surface area contributed by atoms with Crippen LogP contribution in [0.2, 0.25) is 0 Å². The molecular weight excluding hydrogens is 525 g/mol. The van der Waals surface area contributed by atoms with Crippen molar-refractivity contribution in [3.05, 3.63) is 90.0 Å². The van der Waals surface area contributed by atoms with Crippen molar-refractivity contribution >= 4 is 40.7 Å². The number of thiocarbonyl (C=S) groups is 1. The Bertz CT molecular complexity index is 1450. The lowest BCUT2D eigenvalue weighted by Gasteiger charge is -2.14. The van der Waals surface area contributed by atoms with Crippen molar-refractivity contribution in [1.29, 1.82) is 0 Å². The molecule has 1 heterocycles. The van der Waals surface area contributed by atoms with Crippen molar-refractivity contribution in [2.75, 3.05) is 10.6 Å². The summed E-state index contributed by atoms with van der Waals surface area (Å²) in [5.74, 6) is 0.745. The summed E-state index contributed by atoms with van der Waals surface area (Å²) >= 11 is 5.37. The summed E-state index contributed by atoms with van der Waals surface area (Å²) in [6, 6.07) is 23.0. The molecule has 3 N–H and O–H groups in total. The quantitative estimate of drug-likeness (QED) is 0.122. The van der Waals surface area contributed by atoms with Gasteiger partial charge in [-0.1, -0.05) is 56.3 Å². The van der Waals surface area contributed by atoms with E-state index in [0.29, 0.717) is 22.5 Å². The monoisotopic (exact) mass is 552 g/mol. The highest BCUT2D eigenvalue weighted by Gasteiger charge is 2.31. The summed E-state index contributed by atoms with van der Waals surface area (Å²) in [6.45, 7) is 4.25. The minimum absolute atomic E-state index is 0.285. The SMILES string of the molecule is CC(C)c1ccccc1NC(=S)NN=Cc1ccc(-c2cc(Nc3ccc(OC(F)(F)F)cc3)n(C)n2)cc1. The number of ether oxygens (including phenoxy) is 1. The van der Waals surface area contributed by atoms with Crippen LogP contribution in [0.5, 0.6) is 5.75 Å². The molecular formula is C28H27F3N6OS. The van der Waals surface area contributed by atoms with Gasteiger partial charge in [0.1, 0.15) is 11.6 Å². The molecule has 0 atom stereocenters. The summed E-state index contributed by atoms with van der Waals surface area (Å²) in [6.07, 6.45) is -3.06. The summed E-state index contributed by atoms with van der Waals surface area (Å²) in [7, 11) is 1.77. The van der Waals surface area contributed by atoms with Crippen LogP contribution < -0.4 is 20.8 Å². The van der Waals surface area contributed by atoms with E-state index in [1.165, 1.54) is 29.8 Å². The standard InChI is InChI=1S/C28H27F3N6OS/c1-18(2)23-6-4-5-7-24(23)34-27(39)35-32-17-19-8-10-20(11-9-19)25-16-26(37(3)36-25)33-21-12-14-22(15-13-21)38-28(29,30)31/h4-18,33H,1-3H3,(H2,34,35,39). The van der Waals surface area contributed by atoms with Crippen LogP contribution in [-0.2, 0) is 7.05 Å². The van der Waals surface area contributed by atoms with Gasteiger partial charge in [0.25, 0.3) is 0 Å². The van der Waals surface area contributed by atoms with Gasteiger partial charge in [0.2, 0.25) is 0 Å². The van der Waals surface area contributed by atoms with E-state index >= 15 is 0 Å². The van der Waals surface area contributed by atoms with Gasteiger partial charge in [-0.3, -0.25) is 10.1 Å². The Labute approximate surface area is 229 Å². The van der Waals surface area contributed by atoms with Gasteiger partial charge >= 0.3 is 6.36 Å². The molecule has 39 heavy (non-hydrogen) atoms. The normalized spacial score (nSPS) is 11.6. The number of aromatic nitrogens is 2. The molecule has 0 radical (unpaired) electrons. The lowest BCUT2D eigenvalue weighted by Crippen LogP contribution is -2.24. The molecule has 0 spiro atoms. The van der Waals surface area contributed by atoms with Crippen LogP contribution >= 0.6 is 12.2 Å². The van der Waals surface area contributed by atoms with Crippen LogP contribution in [0.3, 0.4) is 0 Å². The molecule has 4 aromatic rings. The second kappa shape index (κ2) is 12.0. The average Bonchev–Trinajstić information content (AvgIpc) is 3.25. The van der Waals surface area contributed by atoms with Gasteiger partial charge in [0.15, 0.2) is 5.11 Å². The van der Waals surface area contributed by atoms with Gasteiger partial charge in [-0.2, -0.15) is 10.2 Å². The maximum Gasteiger partial charge on any atom is 0.573 e. The highest BCUT2D eigenvalue weighted by atomic mass is 32.1. The third kappa shape index (κ3) is 7.81. The van der Waals surface area contributed by atoms with E-state index in [0.717, 1.165) is 22.5 Å². The molecule has 0 bridgehead atoms. The van der Waals surface area contributed by atoms with E-state index in [4.69, 9.17) is 12.2 Å². The Hall–Kier alpha value is -4.38. The first kappa shape index (κ1) is 27.6. The fraction of sp³-hybridized carbons (Fsp3) is 0.179. The molecule has 0 amide bonds. The zero-order chi connectivity index (χ0) is 28.0. The molecule has 0 aliphatic carbocycles. The van der Waals surface area contributed by atoms with Crippen LogP contribution in [-0.4, -0.2) is 27.5 Å². The molecule has 202 valence electrons. The molecule has 7 nitrogen and oxygen atoms in total. The highest BCUT2D eigenvalue weighted by molar-refractivity contribution is 7.80. The number of para-hydroxylation sites is 1. The van der Waals surface area contributed by atoms with Crippen molar-refractivity contribution in [3.8, 4) is 17.0 Å². The molecule has 1 aromatic heterocycles. The molecule has 11 heteroatoms. The number of hydrogen-bond donors (Lipinski definition) is 3. The largest absolute Gasteiger partial charge is 0.573 e. The number of nitrogens with one attached hydrogen (secondary N) is 3. The van der Waals surface area contributed by atoms with Crippen molar-refractivity contribution in [1.82, 2.24) is 15.2 Å². The number of benzene rings is 3. The van der Waals surface area contributed by atoms with E-state index in [1.54, 1.807) is 17.9 Å². The van der Waals surface area contributed by atoms with Crippen molar-refractivity contribution in [2.45, 2.75) is 26.1 Å². The molecule has 0 unspecified atom stereocenters. The Morgan fingerprint density at radius 2 is 1.72 bits per heavy atom. The van der Waals surface area contributed by atoms with Crippen LogP contribution in [0, 0.1) is 0 Å². The summed E-state index contributed by atoms with van der Waals surface area (Å²) in [4.78, 5) is 0. The van der Waals surface area contributed by atoms with E-state index in [-0.39, 0.29) is 5.75 Å². The fourth-order valence-electron chi connectivity index (χ4n) is 3.78. The van der Waals surface area contributed by atoms with Crippen LogP contribution in [0.1, 0.15) is 30.9 Å². The number of anilines is 3. The molecule has 4 rings (SSSR count). The number of hydrogen-bond acceptors (Lipinski definition) is 5. The first-order valence-corrected chi connectivity index (χ1v) is 12.4. The van der Waals surface area contributed by atoms with Gasteiger partial charge in [-0.25, -0.2) is 0 Å². The molecule has 0 aliphatic heterocycles. The second-order valence-corrected chi connectivity index (χ2v) is 9.33. The van der Waals surface area contributed by atoms with Crippen LogP contribution in [0.15, 0.2) is 84.0 Å². The van der Waals surface area contributed by atoms with E-state index in [1.807, 2.05) is 48.5 Å². The molecule has 0 aliphatic rings. The molecule has 0 fully saturated rings. The molecule has 0 saturated heterocycles. The van der Waals surface area contributed by atoms with Gasteiger partial charge in [0.05, 0.1) is 11.9 Å². The smallest absolute Gasteiger partial charge is 0.406 e. The van der Waals surface area contributed by atoms with Crippen LogP contribution in [0.4, 0.5) is 30.4 Å². The summed E-state index contributed by atoms with van der Waals surface area (Å²) < 4.78 is 42.7. The number of aryl methyl sites for hydroxylation is 1. The summed E-state index contributed by atoms with van der Waals surface area (Å²) in [5.41, 5.74) is 8.04. The number of alkyl halides is 3. The van der Waals surface area contributed by atoms with E-state index in [9.17, 15) is 13.2 Å². The van der Waals surface area contributed by atoms with Crippen molar-refractivity contribution < 1.29 is 17.9 Å². The first-order chi connectivity index (χ1) is 18.6. The third-order valence-corrected chi connectivity index (χ3v) is 5.85. The highest BCUT2D eigenvalue weighted by Crippen LogP contribution is 2.27. The number of halogens is 3. The maximum atomic E-state index is 12.4. The van der Waals surface area contributed by atoms with Gasteiger partial charge < -0.3 is 15.4 Å². The summed E-state index contributed by atoms with van der Waals surface area (Å²) in [5, 5.41) is 15.5. The van der Waals surface area contributed by atoms with Crippen LogP contribution in [0.25, 0.3) is 11.3 Å². The number of nitrogens with zero attached hydrogens (tertiary/aromatic N) is 3. The fourth-order valence-corrected chi connectivity index (χ4v) is 3.95. The Morgan fingerprint density at radius 1 is 1.03 bits per heavy atom. The predicted octanol–water partition coefficient (Wildman–Crippen LogP) is 7.17. The Kier molecular flexibility index (Phi) is 8.50. The molecule has 0 saturated carbocycles. The Balaban J connectivity index is 1.34. The maximum absolute atomic E-state index is 12.4. The second-order valence-electron chi connectivity index (χ2n) is 8.92. The van der Waals surface area contributed by atoms with Gasteiger partial charge in [0, 0.05) is 30.1 Å². The first-order valence-electron chi connectivity index (χ1n) is 12.0. The Morgan fingerprint density at radius 3 is 2.38 bits per heavy atom. The number of rotatable bonds is 8. The predicted molar refractivity (Wildman–Crippen MR) is 153 cm³/mol. The van der Waals surface area contributed by atoms with E-state index in [2.05, 4.69) is 50.9 Å². The van der Waals surface area contributed by atoms with Gasteiger partial charge in [-0.05, 0) is 59.6 Å². The lowest BCUT2D eigenvalue weighted by atomic mass is 10.0. The minimum Gasteiger partial charge on any atom is -0.406 e. The minimum atomic E-state index is -4.73.